The highest BCUT2D eigenvalue weighted by molar-refractivity contribution is 14.1. The quantitative estimate of drug-likeness (QED) is 0.604. The number of halogens is 1. The highest BCUT2D eigenvalue weighted by Crippen LogP contribution is 2.64. The average Bonchev–Trinajstić information content (AvgIpc) is 2.86. The number of rotatable bonds is 2. The molecule has 1 unspecified atom stereocenters. The molecule has 24 heavy (non-hydrogen) atoms. The average molecular weight is 438 g/mol. The maximum atomic E-state index is 11.3. The van der Waals surface area contributed by atoms with Crippen molar-refractivity contribution < 1.29 is 9.84 Å². The Balaban J connectivity index is 1.65. The van der Waals surface area contributed by atoms with E-state index in [1.54, 1.807) is 7.11 Å². The maximum absolute atomic E-state index is 11.3. The van der Waals surface area contributed by atoms with Crippen LogP contribution in [0.25, 0.3) is 0 Å². The van der Waals surface area contributed by atoms with Gasteiger partial charge in [0, 0.05) is 11.3 Å². The molecule has 0 amide bonds. The van der Waals surface area contributed by atoms with E-state index < -0.39 is 5.60 Å². The van der Waals surface area contributed by atoms with Gasteiger partial charge in [-0.05, 0) is 77.7 Å². The topological polar surface area (TPSA) is 29.5 Å². The number of methoxy groups -OCH3 is 1. The fourth-order valence-corrected chi connectivity index (χ4v) is 6.73. The van der Waals surface area contributed by atoms with Gasteiger partial charge in [-0.25, -0.2) is 0 Å². The molecule has 0 aromatic rings. The van der Waals surface area contributed by atoms with Crippen molar-refractivity contribution in [3.05, 3.63) is 45.8 Å². The molecule has 130 valence electrons. The Kier molecular flexibility index (Phi) is 4.23. The van der Waals surface area contributed by atoms with E-state index in [-0.39, 0.29) is 5.41 Å². The predicted octanol–water partition coefficient (Wildman–Crippen LogP) is 5.16. The van der Waals surface area contributed by atoms with Crippen LogP contribution in [0.4, 0.5) is 0 Å². The zero-order valence-corrected chi connectivity index (χ0v) is 16.7. The Morgan fingerprint density at radius 1 is 1.29 bits per heavy atom. The molecule has 0 spiro atoms. The molecule has 2 saturated carbocycles. The Morgan fingerprint density at radius 2 is 2.12 bits per heavy atom. The van der Waals surface area contributed by atoms with Gasteiger partial charge >= 0.3 is 0 Å². The van der Waals surface area contributed by atoms with Gasteiger partial charge in [0.05, 0.1) is 12.7 Å². The third kappa shape index (κ3) is 2.30. The summed E-state index contributed by atoms with van der Waals surface area (Å²) in [6, 6.07) is 0. The van der Waals surface area contributed by atoms with Crippen LogP contribution in [0.15, 0.2) is 45.8 Å². The van der Waals surface area contributed by atoms with E-state index >= 15 is 0 Å². The van der Waals surface area contributed by atoms with Crippen LogP contribution < -0.4 is 0 Å². The molecule has 2 nitrogen and oxygen atoms in total. The summed E-state index contributed by atoms with van der Waals surface area (Å²) in [4.78, 5) is 0. The van der Waals surface area contributed by atoms with Gasteiger partial charge in [-0.15, -0.1) is 0 Å². The van der Waals surface area contributed by atoms with Crippen LogP contribution in [-0.2, 0) is 4.74 Å². The summed E-state index contributed by atoms with van der Waals surface area (Å²) in [5.74, 6) is 3.57. The molecule has 4 aliphatic rings. The molecule has 0 bridgehead atoms. The van der Waals surface area contributed by atoms with Crippen LogP contribution >= 0.6 is 22.6 Å². The molecule has 0 heterocycles. The first-order chi connectivity index (χ1) is 11.5. The Labute approximate surface area is 158 Å². The van der Waals surface area contributed by atoms with Crippen molar-refractivity contribution in [2.75, 3.05) is 7.11 Å². The van der Waals surface area contributed by atoms with Crippen LogP contribution in [0.3, 0.4) is 0 Å². The van der Waals surface area contributed by atoms with Gasteiger partial charge in [0.1, 0.15) is 5.76 Å². The molecule has 0 aliphatic heterocycles. The minimum atomic E-state index is -0.612. The molecular formula is C21H27IO2. The van der Waals surface area contributed by atoms with Crippen molar-refractivity contribution in [2.45, 2.75) is 44.6 Å². The van der Waals surface area contributed by atoms with Crippen molar-refractivity contribution in [1.82, 2.24) is 0 Å². The van der Waals surface area contributed by atoms with Crippen LogP contribution in [0.1, 0.15) is 39.0 Å². The van der Waals surface area contributed by atoms with Crippen molar-refractivity contribution >= 4 is 22.6 Å². The third-order valence-corrected chi connectivity index (χ3v) is 7.89. The number of hydrogen-bond donors (Lipinski definition) is 1. The molecule has 4 aliphatic carbocycles. The summed E-state index contributed by atoms with van der Waals surface area (Å²) in [7, 11) is 1.74. The summed E-state index contributed by atoms with van der Waals surface area (Å²) < 4.78 is 7.42. The summed E-state index contributed by atoms with van der Waals surface area (Å²) in [6.45, 7) is 2.34. The lowest BCUT2D eigenvalue weighted by Gasteiger charge is -2.53. The second-order valence-electron chi connectivity index (χ2n) is 8.22. The molecule has 2 fully saturated rings. The van der Waals surface area contributed by atoms with E-state index in [1.165, 1.54) is 12.0 Å². The molecule has 4 rings (SSSR count). The first-order valence-electron chi connectivity index (χ1n) is 9.17. The van der Waals surface area contributed by atoms with Crippen molar-refractivity contribution in [3.63, 3.8) is 0 Å². The second-order valence-corrected chi connectivity index (χ2v) is 8.94. The van der Waals surface area contributed by atoms with Crippen LogP contribution in [0.2, 0.25) is 0 Å². The smallest absolute Gasteiger partial charge is 0.118 e. The SMILES string of the molecule is COC1=CC2=CC[C@@H]3[C@H](CC[C@@]4(C)[C@H]3CCC4(O)C=CI)[C@H]2C=C1. The summed E-state index contributed by atoms with van der Waals surface area (Å²) in [5.41, 5.74) is 0.867. The van der Waals surface area contributed by atoms with Crippen LogP contribution in [0, 0.1) is 29.1 Å². The fraction of sp³-hybridized carbons (Fsp3) is 0.619. The number of aliphatic hydroxyl groups is 1. The van der Waals surface area contributed by atoms with Crippen molar-refractivity contribution in [1.29, 1.82) is 0 Å². The number of ether oxygens (including phenoxy) is 1. The largest absolute Gasteiger partial charge is 0.497 e. The van der Waals surface area contributed by atoms with E-state index in [2.05, 4.69) is 59.9 Å². The van der Waals surface area contributed by atoms with Crippen LogP contribution in [-0.4, -0.2) is 17.8 Å². The third-order valence-electron chi connectivity index (χ3n) is 7.53. The van der Waals surface area contributed by atoms with E-state index in [4.69, 9.17) is 4.74 Å². The summed E-state index contributed by atoms with van der Waals surface area (Å²) in [6.07, 6.45) is 16.8. The molecule has 0 radical (unpaired) electrons. The number of fused-ring (bicyclic) bond motifs is 5. The van der Waals surface area contributed by atoms with Gasteiger partial charge in [0.2, 0.25) is 0 Å². The fourth-order valence-electron chi connectivity index (χ4n) is 6.13. The molecule has 1 N–H and O–H groups in total. The number of allylic oxidation sites excluding steroid dienone is 5. The number of hydrogen-bond acceptors (Lipinski definition) is 2. The zero-order valence-electron chi connectivity index (χ0n) is 14.5. The first-order valence-corrected chi connectivity index (χ1v) is 10.4. The summed E-state index contributed by atoms with van der Waals surface area (Å²) >= 11 is 2.25. The van der Waals surface area contributed by atoms with Gasteiger partial charge in [-0.1, -0.05) is 41.7 Å². The van der Waals surface area contributed by atoms with Gasteiger partial charge in [-0.3, -0.25) is 0 Å². The lowest BCUT2D eigenvalue weighted by atomic mass is 9.52. The van der Waals surface area contributed by atoms with Crippen molar-refractivity contribution in [3.8, 4) is 0 Å². The van der Waals surface area contributed by atoms with E-state index in [1.807, 2.05) is 4.08 Å². The normalized spacial score (nSPS) is 46.8. The maximum Gasteiger partial charge on any atom is 0.118 e. The Hall–Kier alpha value is -0.550. The monoisotopic (exact) mass is 438 g/mol. The van der Waals surface area contributed by atoms with Crippen molar-refractivity contribution in [2.24, 2.45) is 29.1 Å². The first kappa shape index (κ1) is 16.9. The Bertz CT molecular complexity index is 646. The van der Waals surface area contributed by atoms with Gasteiger partial charge in [-0.2, -0.15) is 0 Å². The lowest BCUT2D eigenvalue weighted by molar-refractivity contribution is -0.0824. The highest BCUT2D eigenvalue weighted by Gasteiger charge is 2.60. The molecule has 0 saturated heterocycles. The molecular weight excluding hydrogens is 411 g/mol. The minimum Gasteiger partial charge on any atom is -0.497 e. The zero-order chi connectivity index (χ0) is 16.9. The highest BCUT2D eigenvalue weighted by atomic mass is 127. The van der Waals surface area contributed by atoms with E-state index in [0.717, 1.165) is 37.4 Å². The molecule has 0 aromatic carbocycles. The van der Waals surface area contributed by atoms with Gasteiger partial charge in [0.25, 0.3) is 0 Å². The molecule has 0 aromatic heterocycles. The predicted molar refractivity (Wildman–Crippen MR) is 106 cm³/mol. The summed E-state index contributed by atoms with van der Waals surface area (Å²) in [5, 5.41) is 11.3. The minimum absolute atomic E-state index is 0.0348. The standard InChI is InChI=1S/C21H27IO2/c1-20-9-7-17-16-6-4-15(24-2)13-14(16)3-5-18(17)19(20)8-10-21(20,23)11-12-22/h3-4,6,11-13,16-19,23H,5,7-10H2,1-2H3/t16-,17+,18+,19-,20-,21?/m0/s1. The van der Waals surface area contributed by atoms with Gasteiger partial charge < -0.3 is 9.84 Å². The van der Waals surface area contributed by atoms with Gasteiger partial charge in [0.15, 0.2) is 0 Å². The van der Waals surface area contributed by atoms with Crippen LogP contribution in [0.5, 0.6) is 0 Å². The lowest BCUT2D eigenvalue weighted by Crippen LogP contribution is -2.51. The molecule has 6 atom stereocenters. The molecule has 3 heteroatoms. The van der Waals surface area contributed by atoms with E-state index in [9.17, 15) is 5.11 Å². The van der Waals surface area contributed by atoms with E-state index in [0.29, 0.717) is 17.8 Å². The second kappa shape index (κ2) is 6.01. The Morgan fingerprint density at radius 3 is 2.88 bits per heavy atom.